The van der Waals surface area contributed by atoms with Gasteiger partial charge in [-0.15, -0.1) is 0 Å². The summed E-state index contributed by atoms with van der Waals surface area (Å²) in [6, 6.07) is 5.86. The first-order valence-electron chi connectivity index (χ1n) is 14.0. The van der Waals surface area contributed by atoms with Crippen molar-refractivity contribution in [1.29, 1.82) is 0 Å². The highest BCUT2D eigenvalue weighted by Gasteiger charge is 2.38. The average molecular weight is 571 g/mol. The third kappa shape index (κ3) is 3.98. The lowest BCUT2D eigenvalue weighted by atomic mass is 10.0. The van der Waals surface area contributed by atoms with Gasteiger partial charge in [0.1, 0.15) is 29.3 Å². The number of anilines is 1. The number of carbonyl (C=O) groups excluding carboxylic acids is 1. The fraction of sp³-hybridized carbons (Fsp3) is 0.323. The van der Waals surface area contributed by atoms with E-state index in [-0.39, 0.29) is 58.8 Å². The zero-order valence-electron chi connectivity index (χ0n) is 23.2. The number of rotatable bonds is 4. The molecule has 42 heavy (non-hydrogen) atoms. The lowest BCUT2D eigenvalue weighted by Crippen LogP contribution is -2.56. The standard InChI is InChI=1S/C31H28F2N6O3/c1-4-21(40)37-12-13-38-19(14-37)15-42-28-23-29(38)36-31(41)39(27-17(3)10-11-34-25(27)18-8-9-18)30(23)35-26(24(28)33)22-16(2)6-5-7-20(22)32/h4-7,10-11,18-19H,1,8-9,12-15H2,2-3H3/t19-/m1/s1. The Balaban J connectivity index is 1.56. The molecule has 1 amide bonds. The van der Waals surface area contributed by atoms with Gasteiger partial charge in [0.2, 0.25) is 5.91 Å². The Labute approximate surface area is 240 Å². The number of piperazine rings is 1. The molecule has 1 aliphatic carbocycles. The van der Waals surface area contributed by atoms with Crippen LogP contribution in [0.2, 0.25) is 0 Å². The lowest BCUT2D eigenvalue weighted by molar-refractivity contribution is -0.126. The van der Waals surface area contributed by atoms with E-state index in [0.29, 0.717) is 24.3 Å². The Kier molecular flexibility index (Phi) is 6.07. The summed E-state index contributed by atoms with van der Waals surface area (Å²) in [5, 5.41) is 0.223. The van der Waals surface area contributed by atoms with Crippen molar-refractivity contribution in [3.8, 4) is 22.7 Å². The van der Waals surface area contributed by atoms with Crippen LogP contribution < -0.4 is 15.3 Å². The molecule has 7 rings (SSSR count). The van der Waals surface area contributed by atoms with Gasteiger partial charge in [-0.2, -0.15) is 4.98 Å². The number of nitrogens with zero attached hydrogens (tertiary/aromatic N) is 6. The molecule has 0 bridgehead atoms. The van der Waals surface area contributed by atoms with Gasteiger partial charge >= 0.3 is 5.69 Å². The normalized spacial score (nSPS) is 18.0. The van der Waals surface area contributed by atoms with E-state index < -0.39 is 23.4 Å². The van der Waals surface area contributed by atoms with Crippen LogP contribution in [0.3, 0.4) is 0 Å². The van der Waals surface area contributed by atoms with Crippen LogP contribution in [0.4, 0.5) is 14.6 Å². The fourth-order valence-corrected chi connectivity index (χ4v) is 6.13. The van der Waals surface area contributed by atoms with E-state index in [0.717, 1.165) is 24.1 Å². The van der Waals surface area contributed by atoms with E-state index in [1.165, 1.54) is 16.7 Å². The first-order chi connectivity index (χ1) is 20.3. The molecule has 1 aromatic carbocycles. The number of amides is 1. The molecule has 0 radical (unpaired) electrons. The molecule has 2 fully saturated rings. The Morgan fingerprint density at radius 2 is 1.93 bits per heavy atom. The van der Waals surface area contributed by atoms with Gasteiger partial charge in [0.15, 0.2) is 17.2 Å². The number of ether oxygens (including phenoxy) is 1. The Morgan fingerprint density at radius 1 is 1.12 bits per heavy atom. The summed E-state index contributed by atoms with van der Waals surface area (Å²) in [4.78, 5) is 43.8. The summed E-state index contributed by atoms with van der Waals surface area (Å²) in [5.41, 5.74) is 1.80. The molecule has 1 saturated carbocycles. The van der Waals surface area contributed by atoms with Crippen LogP contribution in [0.5, 0.6) is 5.75 Å². The first-order valence-corrected chi connectivity index (χ1v) is 14.0. The average Bonchev–Trinajstić information content (AvgIpc) is 3.83. The van der Waals surface area contributed by atoms with Crippen molar-refractivity contribution in [1.82, 2.24) is 24.4 Å². The summed E-state index contributed by atoms with van der Waals surface area (Å²) >= 11 is 0. The molecule has 11 heteroatoms. The minimum absolute atomic E-state index is 0.0100. The SMILES string of the molecule is C=CC(=O)N1CCN2c3nc(=O)n(-c4c(C)ccnc4C4CC4)c4nc(-c5c(C)cccc5F)c(F)c(c34)OC[C@H]2C1. The van der Waals surface area contributed by atoms with Crippen molar-refractivity contribution >= 4 is 22.8 Å². The zero-order chi connectivity index (χ0) is 29.3. The molecule has 4 aromatic rings. The number of pyridine rings is 2. The van der Waals surface area contributed by atoms with Gasteiger partial charge in [-0.25, -0.2) is 23.1 Å². The van der Waals surface area contributed by atoms with Gasteiger partial charge in [0, 0.05) is 37.3 Å². The number of aryl methyl sites for hydroxylation is 2. The minimum Gasteiger partial charge on any atom is -0.487 e. The maximum absolute atomic E-state index is 16.5. The summed E-state index contributed by atoms with van der Waals surface area (Å²) < 4.78 is 39.3. The van der Waals surface area contributed by atoms with Gasteiger partial charge in [0.25, 0.3) is 0 Å². The highest BCUT2D eigenvalue weighted by atomic mass is 19.1. The maximum atomic E-state index is 16.5. The number of carbonyl (C=O) groups is 1. The number of hydrogen-bond donors (Lipinski definition) is 0. The predicted octanol–water partition coefficient (Wildman–Crippen LogP) is 4.21. The van der Waals surface area contributed by atoms with Gasteiger partial charge in [-0.3, -0.25) is 9.78 Å². The van der Waals surface area contributed by atoms with Crippen LogP contribution in [0, 0.1) is 25.5 Å². The van der Waals surface area contributed by atoms with Crippen LogP contribution in [-0.4, -0.2) is 62.6 Å². The summed E-state index contributed by atoms with van der Waals surface area (Å²) in [6.07, 6.45) is 4.83. The molecular formula is C31H28F2N6O3. The van der Waals surface area contributed by atoms with Gasteiger partial charge < -0.3 is 14.5 Å². The van der Waals surface area contributed by atoms with Crippen molar-refractivity contribution in [3.05, 3.63) is 82.1 Å². The molecular weight excluding hydrogens is 542 g/mol. The molecule has 5 heterocycles. The van der Waals surface area contributed by atoms with E-state index in [1.807, 2.05) is 11.8 Å². The molecule has 0 unspecified atom stereocenters. The Morgan fingerprint density at radius 3 is 2.67 bits per heavy atom. The topological polar surface area (TPSA) is 93.5 Å². The molecule has 0 N–H and O–H groups in total. The number of hydrogen-bond acceptors (Lipinski definition) is 7. The van der Waals surface area contributed by atoms with E-state index in [2.05, 4.69) is 16.5 Å². The monoisotopic (exact) mass is 570 g/mol. The number of benzene rings is 1. The molecule has 1 saturated heterocycles. The first kappa shape index (κ1) is 26.2. The van der Waals surface area contributed by atoms with Crippen molar-refractivity contribution in [2.24, 2.45) is 0 Å². The quantitative estimate of drug-likeness (QED) is 0.340. The van der Waals surface area contributed by atoms with E-state index in [1.54, 1.807) is 36.2 Å². The van der Waals surface area contributed by atoms with Gasteiger partial charge in [-0.1, -0.05) is 18.7 Å². The summed E-state index contributed by atoms with van der Waals surface area (Å²) in [7, 11) is 0. The zero-order valence-corrected chi connectivity index (χ0v) is 23.2. The molecule has 2 aliphatic heterocycles. The fourth-order valence-electron chi connectivity index (χ4n) is 6.13. The van der Waals surface area contributed by atoms with Crippen LogP contribution in [0.1, 0.15) is 35.6 Å². The number of aromatic nitrogens is 4. The van der Waals surface area contributed by atoms with Crippen molar-refractivity contribution in [2.45, 2.75) is 38.6 Å². The van der Waals surface area contributed by atoms with Crippen LogP contribution in [0.15, 0.2) is 47.9 Å². The third-order valence-electron chi connectivity index (χ3n) is 8.37. The number of halogens is 2. The Bertz CT molecular complexity index is 1850. The molecule has 3 aliphatic rings. The maximum Gasteiger partial charge on any atom is 0.355 e. The van der Waals surface area contributed by atoms with Crippen LogP contribution in [-0.2, 0) is 4.79 Å². The van der Waals surface area contributed by atoms with Crippen LogP contribution >= 0.6 is 0 Å². The van der Waals surface area contributed by atoms with Crippen molar-refractivity contribution < 1.29 is 18.3 Å². The van der Waals surface area contributed by atoms with Gasteiger partial charge in [0.05, 0.1) is 17.4 Å². The van der Waals surface area contributed by atoms with Gasteiger partial charge in [-0.05, 0) is 56.0 Å². The molecule has 214 valence electrons. The molecule has 9 nitrogen and oxygen atoms in total. The lowest BCUT2D eigenvalue weighted by Gasteiger charge is -2.40. The second-order valence-electron chi connectivity index (χ2n) is 11.1. The highest BCUT2D eigenvalue weighted by molar-refractivity contribution is 5.97. The Hall–Kier alpha value is -4.67. The third-order valence-corrected chi connectivity index (χ3v) is 8.37. The summed E-state index contributed by atoms with van der Waals surface area (Å²) in [6.45, 7) is 8.12. The summed E-state index contributed by atoms with van der Waals surface area (Å²) in [5.74, 6) is -1.45. The predicted molar refractivity (Wildman–Crippen MR) is 153 cm³/mol. The van der Waals surface area contributed by atoms with E-state index in [9.17, 15) is 9.59 Å². The van der Waals surface area contributed by atoms with Crippen molar-refractivity contribution in [3.63, 3.8) is 0 Å². The highest BCUT2D eigenvalue weighted by Crippen LogP contribution is 2.45. The molecule has 0 spiro atoms. The molecule has 3 aromatic heterocycles. The molecule has 1 atom stereocenters. The van der Waals surface area contributed by atoms with E-state index >= 15 is 8.78 Å². The van der Waals surface area contributed by atoms with E-state index in [4.69, 9.17) is 9.72 Å². The smallest absolute Gasteiger partial charge is 0.355 e. The van der Waals surface area contributed by atoms with Crippen LogP contribution in [0.25, 0.3) is 28.0 Å². The number of fused-ring (bicyclic) bond motifs is 2. The van der Waals surface area contributed by atoms with Crippen molar-refractivity contribution in [2.75, 3.05) is 31.1 Å². The second kappa shape index (κ2) is 9.71. The minimum atomic E-state index is -0.840. The second-order valence-corrected chi connectivity index (χ2v) is 11.1. The largest absolute Gasteiger partial charge is 0.487 e.